The van der Waals surface area contributed by atoms with Gasteiger partial charge in [0, 0.05) is 24.9 Å². The minimum atomic E-state index is -1.19. The van der Waals surface area contributed by atoms with Crippen molar-refractivity contribution in [1.82, 2.24) is 20.6 Å². The third-order valence-corrected chi connectivity index (χ3v) is 3.64. The second-order valence-electron chi connectivity index (χ2n) is 5.97. The number of aliphatic carboxylic acids is 1. The minimum absolute atomic E-state index is 0.0823. The van der Waals surface area contributed by atoms with Crippen molar-refractivity contribution in [3.63, 3.8) is 0 Å². The van der Waals surface area contributed by atoms with E-state index in [4.69, 9.17) is 22.3 Å². The minimum Gasteiger partial charge on any atom is -0.480 e. The number of nitrogens with two attached hydrogens (primary N) is 3. The number of aromatic nitrogens is 2. The summed E-state index contributed by atoms with van der Waals surface area (Å²) in [6.45, 7) is 1.58. The zero-order valence-electron chi connectivity index (χ0n) is 15.0. The number of nitrogens with zero attached hydrogens (tertiary/aromatic N) is 2. The standard InChI is InChI=1S/C15H26N8O4/c1-8(14(26)27)22-13(25)11(3-2-4-20-15(17)18)23-12(24)10(16)5-9-6-19-7-21-9/h6-8,10-11H,2-5,16H2,1H3,(H,19,21)(H,22,25)(H,23,24)(H,26,27)(H4,17,18,20)/t8-,10-,11-/m0/s1. The Labute approximate surface area is 156 Å². The molecule has 0 fully saturated rings. The fourth-order valence-electron chi connectivity index (χ4n) is 2.15. The van der Waals surface area contributed by atoms with Gasteiger partial charge in [-0.1, -0.05) is 0 Å². The summed E-state index contributed by atoms with van der Waals surface area (Å²) in [6, 6.07) is -2.98. The van der Waals surface area contributed by atoms with Crippen LogP contribution in [0.3, 0.4) is 0 Å². The first-order valence-electron chi connectivity index (χ1n) is 8.32. The number of guanidine groups is 1. The highest BCUT2D eigenvalue weighted by Crippen LogP contribution is 2.02. The van der Waals surface area contributed by atoms with Gasteiger partial charge in [0.15, 0.2) is 5.96 Å². The summed E-state index contributed by atoms with van der Waals surface area (Å²) >= 11 is 0. The van der Waals surface area contributed by atoms with Gasteiger partial charge in [-0.3, -0.25) is 19.4 Å². The van der Waals surface area contributed by atoms with Gasteiger partial charge >= 0.3 is 5.97 Å². The van der Waals surface area contributed by atoms with Gasteiger partial charge in [0.25, 0.3) is 0 Å². The van der Waals surface area contributed by atoms with Crippen LogP contribution in [0.2, 0.25) is 0 Å². The van der Waals surface area contributed by atoms with E-state index in [0.29, 0.717) is 12.1 Å². The molecule has 0 bridgehead atoms. The normalized spacial score (nSPS) is 13.9. The molecule has 12 nitrogen and oxygen atoms in total. The van der Waals surface area contributed by atoms with Crippen LogP contribution >= 0.6 is 0 Å². The highest BCUT2D eigenvalue weighted by Gasteiger charge is 2.26. The monoisotopic (exact) mass is 382 g/mol. The SMILES string of the molecule is C[C@H](NC(=O)[C@H](CCCN=C(N)N)NC(=O)[C@@H](N)Cc1cnc[nH]1)C(=O)O. The summed E-state index contributed by atoms with van der Waals surface area (Å²) in [5.74, 6) is -2.45. The molecule has 0 aliphatic heterocycles. The molecule has 0 aromatic carbocycles. The van der Waals surface area contributed by atoms with E-state index in [9.17, 15) is 14.4 Å². The van der Waals surface area contributed by atoms with Crippen molar-refractivity contribution in [2.24, 2.45) is 22.2 Å². The summed E-state index contributed by atoms with van der Waals surface area (Å²) < 4.78 is 0. The van der Waals surface area contributed by atoms with Crippen LogP contribution in [-0.2, 0) is 20.8 Å². The number of aromatic amines is 1. The van der Waals surface area contributed by atoms with E-state index >= 15 is 0 Å². The number of nitrogens with one attached hydrogen (secondary N) is 3. The van der Waals surface area contributed by atoms with Crippen LogP contribution in [0.15, 0.2) is 17.5 Å². The molecule has 0 radical (unpaired) electrons. The van der Waals surface area contributed by atoms with Gasteiger partial charge in [-0.05, 0) is 19.8 Å². The number of carboxylic acid groups (broad SMARTS) is 1. The lowest BCUT2D eigenvalue weighted by Gasteiger charge is -2.21. The molecule has 150 valence electrons. The van der Waals surface area contributed by atoms with Gasteiger partial charge in [-0.2, -0.15) is 0 Å². The molecule has 1 aromatic rings. The Bertz CT molecular complexity index is 657. The van der Waals surface area contributed by atoms with E-state index in [0.717, 1.165) is 0 Å². The lowest BCUT2D eigenvalue weighted by molar-refractivity contribution is -0.141. The Morgan fingerprint density at radius 2 is 2.00 bits per heavy atom. The topological polar surface area (TPSA) is 215 Å². The number of amides is 2. The van der Waals surface area contributed by atoms with Crippen LogP contribution in [0.25, 0.3) is 0 Å². The first kappa shape index (κ1) is 21.9. The van der Waals surface area contributed by atoms with Crippen molar-refractivity contribution < 1.29 is 19.5 Å². The van der Waals surface area contributed by atoms with Gasteiger partial charge in [0.1, 0.15) is 12.1 Å². The Morgan fingerprint density at radius 1 is 1.30 bits per heavy atom. The third kappa shape index (κ3) is 8.18. The average Bonchev–Trinajstić information content (AvgIpc) is 3.09. The van der Waals surface area contributed by atoms with Gasteiger partial charge in [-0.15, -0.1) is 0 Å². The first-order chi connectivity index (χ1) is 12.7. The van der Waals surface area contributed by atoms with Crippen molar-refractivity contribution in [2.45, 2.75) is 44.3 Å². The second kappa shape index (κ2) is 10.8. The number of aliphatic imine (C=N–C) groups is 1. The molecule has 0 aliphatic rings. The van der Waals surface area contributed by atoms with E-state index in [-0.39, 0.29) is 25.3 Å². The summed E-state index contributed by atoms with van der Waals surface area (Å²) in [7, 11) is 0. The Hall–Kier alpha value is -3.15. The molecule has 0 aliphatic carbocycles. The highest BCUT2D eigenvalue weighted by molar-refractivity contribution is 5.91. The summed E-state index contributed by atoms with van der Waals surface area (Å²) in [5, 5.41) is 13.8. The number of imidazole rings is 1. The molecule has 0 saturated carbocycles. The number of hydrogen-bond donors (Lipinski definition) is 7. The Morgan fingerprint density at radius 3 is 2.56 bits per heavy atom. The molecule has 1 heterocycles. The lowest BCUT2D eigenvalue weighted by atomic mass is 10.1. The van der Waals surface area contributed by atoms with Gasteiger partial charge in [0.05, 0.1) is 12.4 Å². The highest BCUT2D eigenvalue weighted by atomic mass is 16.4. The van der Waals surface area contributed by atoms with Crippen molar-refractivity contribution in [3.8, 4) is 0 Å². The second-order valence-corrected chi connectivity index (χ2v) is 5.97. The van der Waals surface area contributed by atoms with Gasteiger partial charge in [-0.25, -0.2) is 4.98 Å². The third-order valence-electron chi connectivity index (χ3n) is 3.64. The lowest BCUT2D eigenvalue weighted by Crippen LogP contribution is -2.54. The van der Waals surface area contributed by atoms with E-state index in [2.05, 4.69) is 25.6 Å². The molecule has 0 saturated heterocycles. The van der Waals surface area contributed by atoms with Crippen LogP contribution in [0.4, 0.5) is 0 Å². The fourth-order valence-corrected chi connectivity index (χ4v) is 2.15. The first-order valence-corrected chi connectivity index (χ1v) is 8.32. The van der Waals surface area contributed by atoms with E-state index in [1.165, 1.54) is 13.3 Å². The summed E-state index contributed by atoms with van der Waals surface area (Å²) in [5.41, 5.74) is 17.0. The maximum Gasteiger partial charge on any atom is 0.325 e. The number of rotatable bonds is 11. The molecular formula is C15H26N8O4. The van der Waals surface area contributed by atoms with E-state index in [1.54, 1.807) is 6.20 Å². The maximum absolute atomic E-state index is 12.3. The molecule has 10 N–H and O–H groups in total. The van der Waals surface area contributed by atoms with Crippen LogP contribution in [0.1, 0.15) is 25.5 Å². The maximum atomic E-state index is 12.3. The molecule has 3 atom stereocenters. The van der Waals surface area contributed by atoms with E-state index in [1.807, 2.05) is 0 Å². The van der Waals surface area contributed by atoms with Gasteiger partial charge in [0.2, 0.25) is 11.8 Å². The quantitative estimate of drug-likeness (QED) is 0.122. The number of H-pyrrole nitrogens is 1. The number of hydrogen-bond acceptors (Lipinski definition) is 6. The number of carbonyl (C=O) groups is 3. The average molecular weight is 382 g/mol. The predicted octanol–water partition coefficient (Wildman–Crippen LogP) is -2.59. The van der Waals surface area contributed by atoms with Gasteiger partial charge < -0.3 is 37.9 Å². The van der Waals surface area contributed by atoms with Crippen LogP contribution in [0, 0.1) is 0 Å². The number of carboxylic acids is 1. The molecule has 2 amide bonds. The molecule has 0 unspecified atom stereocenters. The predicted molar refractivity (Wildman–Crippen MR) is 97.3 cm³/mol. The fraction of sp³-hybridized carbons (Fsp3) is 0.533. The molecule has 27 heavy (non-hydrogen) atoms. The van der Waals surface area contributed by atoms with Crippen LogP contribution in [-0.4, -0.2) is 63.5 Å². The Kier molecular flexibility index (Phi) is 8.72. The molecule has 1 rings (SSSR count). The molecular weight excluding hydrogens is 356 g/mol. The smallest absolute Gasteiger partial charge is 0.325 e. The van der Waals surface area contributed by atoms with E-state index < -0.39 is 35.9 Å². The van der Waals surface area contributed by atoms with Crippen molar-refractivity contribution in [2.75, 3.05) is 6.54 Å². The van der Waals surface area contributed by atoms with Crippen molar-refractivity contribution in [3.05, 3.63) is 18.2 Å². The van der Waals surface area contributed by atoms with Crippen molar-refractivity contribution in [1.29, 1.82) is 0 Å². The largest absolute Gasteiger partial charge is 0.480 e. The van der Waals surface area contributed by atoms with Crippen LogP contribution in [0.5, 0.6) is 0 Å². The number of carbonyl (C=O) groups excluding carboxylic acids is 2. The molecule has 1 aromatic heterocycles. The molecule has 0 spiro atoms. The summed E-state index contributed by atoms with van der Waals surface area (Å²) in [4.78, 5) is 46.0. The summed E-state index contributed by atoms with van der Waals surface area (Å²) in [6.07, 6.45) is 3.82. The van der Waals surface area contributed by atoms with Crippen LogP contribution < -0.4 is 27.8 Å². The zero-order valence-corrected chi connectivity index (χ0v) is 15.0. The van der Waals surface area contributed by atoms with Crippen molar-refractivity contribution >= 4 is 23.7 Å². The molecule has 12 heteroatoms. The zero-order chi connectivity index (χ0) is 20.4. The Balaban J connectivity index is 2.69.